The van der Waals surface area contributed by atoms with Gasteiger partial charge in [-0.05, 0) is 76.1 Å². The largest absolute Gasteiger partial charge is 0.444 e. The number of nitrogens with zero attached hydrogens (tertiary/aromatic N) is 4. The maximum atomic E-state index is 13.5. The van der Waals surface area contributed by atoms with Crippen LogP contribution in [0.1, 0.15) is 56.9 Å². The fraction of sp³-hybridized carbons (Fsp3) is 0.481. The Labute approximate surface area is 205 Å². The highest BCUT2D eigenvalue weighted by Gasteiger charge is 2.41. The summed E-state index contributed by atoms with van der Waals surface area (Å²) in [6.45, 7) is 8.42. The van der Waals surface area contributed by atoms with Crippen LogP contribution in [0, 0.1) is 5.41 Å². The molecule has 1 aromatic carbocycles. The number of piperidine rings is 2. The van der Waals surface area contributed by atoms with E-state index in [1.165, 1.54) is 0 Å². The lowest BCUT2D eigenvalue weighted by atomic mass is 9.72. The highest BCUT2D eigenvalue weighted by molar-refractivity contribution is 5.93. The number of ether oxygens (including phenoxy) is 1. The Balaban J connectivity index is 1.27. The predicted molar refractivity (Wildman–Crippen MR) is 134 cm³/mol. The Morgan fingerprint density at radius 2 is 1.71 bits per heavy atom. The van der Waals surface area contributed by atoms with Crippen molar-refractivity contribution in [2.45, 2.75) is 52.1 Å². The molecular formula is C27H33N5O3. The number of likely N-dealkylation sites (tertiary alicyclic amines) is 2. The number of carbonyl (C=O) groups excluding carboxylic acids is 2. The Bertz CT molecular complexity index is 1200. The molecule has 2 aliphatic rings. The third-order valence-electron chi connectivity index (χ3n) is 7.02. The summed E-state index contributed by atoms with van der Waals surface area (Å²) in [6.07, 6.45) is 3.54. The van der Waals surface area contributed by atoms with Crippen molar-refractivity contribution in [1.82, 2.24) is 24.8 Å². The average molecular weight is 476 g/mol. The number of rotatable bonds is 2. The second-order valence-corrected chi connectivity index (χ2v) is 10.8. The van der Waals surface area contributed by atoms with Gasteiger partial charge in [0.25, 0.3) is 5.91 Å². The Morgan fingerprint density at radius 1 is 0.943 bits per heavy atom. The number of pyridine rings is 1. The molecule has 2 aromatic heterocycles. The second-order valence-electron chi connectivity index (χ2n) is 10.8. The lowest BCUT2D eigenvalue weighted by Gasteiger charge is -2.47. The molecule has 2 fully saturated rings. The first kappa shape index (κ1) is 23.3. The van der Waals surface area contributed by atoms with Gasteiger partial charge in [-0.15, -0.1) is 0 Å². The van der Waals surface area contributed by atoms with E-state index in [4.69, 9.17) is 4.74 Å². The van der Waals surface area contributed by atoms with Gasteiger partial charge in [0.2, 0.25) is 0 Å². The first-order chi connectivity index (χ1) is 16.7. The zero-order valence-electron chi connectivity index (χ0n) is 20.7. The Kier molecular flexibility index (Phi) is 5.99. The summed E-state index contributed by atoms with van der Waals surface area (Å²) in [6, 6.07) is 13.3. The van der Waals surface area contributed by atoms with Crippen LogP contribution in [-0.4, -0.2) is 68.5 Å². The molecule has 35 heavy (non-hydrogen) atoms. The Hall–Kier alpha value is -3.42. The number of para-hydroxylation sites is 2. The van der Waals surface area contributed by atoms with Gasteiger partial charge in [0.1, 0.15) is 17.0 Å². The van der Waals surface area contributed by atoms with Crippen molar-refractivity contribution in [3.05, 3.63) is 48.2 Å². The first-order valence-corrected chi connectivity index (χ1v) is 12.4. The highest BCUT2D eigenvalue weighted by atomic mass is 16.6. The molecule has 2 saturated heterocycles. The molecule has 2 aliphatic heterocycles. The average Bonchev–Trinajstić information content (AvgIpc) is 3.28. The third kappa shape index (κ3) is 5.01. The van der Waals surface area contributed by atoms with Crippen molar-refractivity contribution in [3.63, 3.8) is 0 Å². The van der Waals surface area contributed by atoms with Crippen LogP contribution in [0.15, 0.2) is 42.5 Å². The molecular weight excluding hydrogens is 442 g/mol. The lowest BCUT2D eigenvalue weighted by Crippen LogP contribution is -2.52. The number of benzene rings is 1. The molecule has 0 saturated carbocycles. The SMILES string of the molecule is CC(C)(C)OC(=O)N1CCC2(CCCN(C(=O)c3cccc(-c4nc5ccccc5[nH]4)n3)C2)CC1. The van der Waals surface area contributed by atoms with E-state index in [-0.39, 0.29) is 17.4 Å². The summed E-state index contributed by atoms with van der Waals surface area (Å²) in [5.74, 6) is 0.613. The van der Waals surface area contributed by atoms with Crippen LogP contribution in [0.25, 0.3) is 22.6 Å². The molecule has 0 aliphatic carbocycles. The number of aromatic nitrogens is 3. The van der Waals surface area contributed by atoms with Gasteiger partial charge in [-0.3, -0.25) is 4.79 Å². The third-order valence-corrected chi connectivity index (χ3v) is 7.02. The lowest BCUT2D eigenvalue weighted by molar-refractivity contribution is -0.00506. The van der Waals surface area contributed by atoms with Gasteiger partial charge < -0.3 is 19.5 Å². The van der Waals surface area contributed by atoms with Crippen molar-refractivity contribution in [3.8, 4) is 11.5 Å². The van der Waals surface area contributed by atoms with Crippen LogP contribution >= 0.6 is 0 Å². The summed E-state index contributed by atoms with van der Waals surface area (Å²) in [5, 5.41) is 0. The highest BCUT2D eigenvalue weighted by Crippen LogP contribution is 2.40. The molecule has 3 aromatic rings. The molecule has 8 nitrogen and oxygen atoms in total. The summed E-state index contributed by atoms with van der Waals surface area (Å²) >= 11 is 0. The number of amides is 2. The number of carbonyl (C=O) groups is 2. The zero-order chi connectivity index (χ0) is 24.6. The van der Waals surface area contributed by atoms with E-state index in [9.17, 15) is 9.59 Å². The fourth-order valence-electron chi connectivity index (χ4n) is 5.20. The van der Waals surface area contributed by atoms with E-state index >= 15 is 0 Å². The van der Waals surface area contributed by atoms with Crippen molar-refractivity contribution in [2.24, 2.45) is 5.41 Å². The number of fused-ring (bicyclic) bond motifs is 1. The first-order valence-electron chi connectivity index (χ1n) is 12.4. The van der Waals surface area contributed by atoms with Crippen LogP contribution < -0.4 is 0 Å². The number of H-pyrrole nitrogens is 1. The molecule has 0 atom stereocenters. The maximum Gasteiger partial charge on any atom is 0.410 e. The number of hydrogen-bond donors (Lipinski definition) is 1. The van der Waals surface area contributed by atoms with Crippen molar-refractivity contribution < 1.29 is 14.3 Å². The summed E-state index contributed by atoms with van der Waals surface area (Å²) in [7, 11) is 0. The fourth-order valence-corrected chi connectivity index (χ4v) is 5.20. The van der Waals surface area contributed by atoms with Crippen molar-refractivity contribution in [1.29, 1.82) is 0 Å². The van der Waals surface area contributed by atoms with Gasteiger partial charge in [-0.2, -0.15) is 0 Å². The molecule has 8 heteroatoms. The Morgan fingerprint density at radius 3 is 2.46 bits per heavy atom. The monoisotopic (exact) mass is 475 g/mol. The van der Waals surface area contributed by atoms with Crippen molar-refractivity contribution >= 4 is 23.0 Å². The maximum absolute atomic E-state index is 13.5. The predicted octanol–water partition coefficient (Wildman–Crippen LogP) is 4.88. The van der Waals surface area contributed by atoms with Gasteiger partial charge >= 0.3 is 6.09 Å². The number of nitrogens with one attached hydrogen (secondary N) is 1. The molecule has 184 valence electrons. The summed E-state index contributed by atoms with van der Waals surface area (Å²) in [4.78, 5) is 42.2. The van der Waals surface area contributed by atoms with Gasteiger partial charge in [0.15, 0.2) is 5.82 Å². The van der Waals surface area contributed by atoms with Crippen molar-refractivity contribution in [2.75, 3.05) is 26.2 Å². The normalized spacial score (nSPS) is 18.1. The molecule has 1 N–H and O–H groups in total. The van der Waals surface area contributed by atoms with Crippen LogP contribution in [-0.2, 0) is 4.74 Å². The smallest absolute Gasteiger partial charge is 0.410 e. The van der Waals surface area contributed by atoms with E-state index in [2.05, 4.69) is 15.0 Å². The standard InChI is InChI=1S/C27H33N5O3/c1-26(2,3)35-25(34)31-16-13-27(14-17-31)12-7-15-32(18-27)24(33)22-11-6-10-21(28-22)23-29-19-8-4-5-9-20(19)30-23/h4-6,8-11H,7,12-18H2,1-3H3,(H,29,30). The summed E-state index contributed by atoms with van der Waals surface area (Å²) in [5.41, 5.74) is 2.46. The van der Waals surface area contributed by atoms with E-state index in [1.54, 1.807) is 11.0 Å². The van der Waals surface area contributed by atoms with Gasteiger partial charge in [0, 0.05) is 26.2 Å². The van der Waals surface area contributed by atoms with E-state index in [1.807, 2.05) is 62.1 Å². The topological polar surface area (TPSA) is 91.4 Å². The van der Waals surface area contributed by atoms with Crippen LogP contribution in [0.3, 0.4) is 0 Å². The minimum atomic E-state index is -0.496. The number of hydrogen-bond acceptors (Lipinski definition) is 5. The van der Waals surface area contributed by atoms with E-state index < -0.39 is 5.60 Å². The quantitative estimate of drug-likeness (QED) is 0.570. The van der Waals surface area contributed by atoms with E-state index in [0.29, 0.717) is 36.8 Å². The minimum Gasteiger partial charge on any atom is -0.444 e. The van der Waals surface area contributed by atoms with Gasteiger partial charge in [-0.1, -0.05) is 18.2 Å². The summed E-state index contributed by atoms with van der Waals surface area (Å²) < 4.78 is 5.54. The minimum absolute atomic E-state index is 0.0444. The molecule has 5 rings (SSSR count). The molecule has 2 amide bonds. The molecule has 0 unspecified atom stereocenters. The van der Waals surface area contributed by atoms with Crippen LogP contribution in [0.2, 0.25) is 0 Å². The molecule has 0 bridgehead atoms. The number of imidazole rings is 1. The van der Waals surface area contributed by atoms with Gasteiger partial charge in [-0.25, -0.2) is 14.8 Å². The molecule has 0 radical (unpaired) electrons. The molecule has 1 spiro atoms. The second kappa shape index (κ2) is 8.98. The van der Waals surface area contributed by atoms with E-state index in [0.717, 1.165) is 43.3 Å². The van der Waals surface area contributed by atoms with Gasteiger partial charge in [0.05, 0.1) is 11.0 Å². The van der Waals surface area contributed by atoms with Crippen LogP contribution in [0.5, 0.6) is 0 Å². The number of aromatic amines is 1. The zero-order valence-corrected chi connectivity index (χ0v) is 20.7. The molecule has 4 heterocycles. The van der Waals surface area contributed by atoms with Crippen LogP contribution in [0.4, 0.5) is 4.79 Å².